The zero-order chi connectivity index (χ0) is 26.9. The van der Waals surface area contributed by atoms with E-state index in [1.54, 1.807) is 4.90 Å². The predicted octanol–water partition coefficient (Wildman–Crippen LogP) is 5.00. The number of amides is 1. The van der Waals surface area contributed by atoms with Gasteiger partial charge < -0.3 is 14.8 Å². The molecule has 4 rings (SSSR count). The van der Waals surface area contributed by atoms with Crippen LogP contribution in [0.25, 0.3) is 22.0 Å². The molecule has 0 aliphatic heterocycles. The maximum absolute atomic E-state index is 14.2. The third kappa shape index (κ3) is 5.28. The zero-order valence-corrected chi connectivity index (χ0v) is 22.8. The Bertz CT molecular complexity index is 1480. The molecule has 8 heteroatoms. The number of nitrogens with zero attached hydrogens (tertiary/aromatic N) is 4. The highest BCUT2D eigenvalue weighted by Crippen LogP contribution is 2.30. The third-order valence-corrected chi connectivity index (χ3v) is 6.71. The van der Waals surface area contributed by atoms with Gasteiger partial charge in [-0.2, -0.15) is 5.10 Å². The highest BCUT2D eigenvalue weighted by molar-refractivity contribution is 6.09. The third-order valence-electron chi connectivity index (χ3n) is 6.71. The summed E-state index contributed by atoms with van der Waals surface area (Å²) in [6, 6.07) is 9.79. The van der Waals surface area contributed by atoms with E-state index in [0.29, 0.717) is 11.1 Å². The lowest BCUT2D eigenvalue weighted by Crippen LogP contribution is -2.38. The fourth-order valence-electron chi connectivity index (χ4n) is 4.74. The van der Waals surface area contributed by atoms with Crippen molar-refractivity contribution in [2.75, 3.05) is 19.0 Å². The maximum atomic E-state index is 14.2. The Morgan fingerprint density at radius 2 is 1.84 bits per heavy atom. The molecule has 2 N–H and O–H groups in total. The number of aromatic amines is 2. The van der Waals surface area contributed by atoms with Gasteiger partial charge in [-0.1, -0.05) is 13.3 Å². The van der Waals surface area contributed by atoms with Crippen LogP contribution in [0, 0.1) is 13.8 Å². The van der Waals surface area contributed by atoms with Crippen molar-refractivity contribution in [2.24, 2.45) is 0 Å². The van der Waals surface area contributed by atoms with E-state index < -0.39 is 0 Å². The molecular weight excluding hydrogens is 464 g/mol. The number of nitrogens with one attached hydrogen (secondary N) is 2. The molecule has 0 spiro atoms. The number of hydrogen-bond acceptors (Lipinski definition) is 5. The monoisotopic (exact) mass is 500 g/mol. The molecule has 0 aliphatic rings. The van der Waals surface area contributed by atoms with Crippen LogP contribution in [0.2, 0.25) is 0 Å². The van der Waals surface area contributed by atoms with Gasteiger partial charge in [-0.3, -0.25) is 14.7 Å². The number of pyridine rings is 2. The van der Waals surface area contributed by atoms with Gasteiger partial charge in [0, 0.05) is 48.5 Å². The van der Waals surface area contributed by atoms with Gasteiger partial charge >= 0.3 is 0 Å². The molecule has 8 nitrogen and oxygen atoms in total. The molecule has 1 aromatic carbocycles. The summed E-state index contributed by atoms with van der Waals surface area (Å²) in [7, 11) is 3.90. The van der Waals surface area contributed by atoms with Crippen molar-refractivity contribution < 1.29 is 4.79 Å². The molecule has 0 unspecified atom stereocenters. The number of rotatable bonds is 8. The lowest BCUT2D eigenvalue weighted by atomic mass is 9.98. The molecule has 37 heavy (non-hydrogen) atoms. The number of carbonyl (C=O) groups is 1. The van der Waals surface area contributed by atoms with Crippen LogP contribution in [-0.4, -0.2) is 51.1 Å². The molecule has 194 valence electrons. The molecule has 3 aromatic heterocycles. The first-order valence-corrected chi connectivity index (χ1v) is 12.8. The normalized spacial score (nSPS) is 11.4. The number of H-pyrrole nitrogens is 2. The van der Waals surface area contributed by atoms with E-state index in [-0.39, 0.29) is 24.1 Å². The van der Waals surface area contributed by atoms with Gasteiger partial charge in [0.25, 0.3) is 11.5 Å². The summed E-state index contributed by atoms with van der Waals surface area (Å²) < 4.78 is 0. The Morgan fingerprint density at radius 1 is 1.08 bits per heavy atom. The predicted molar refractivity (Wildman–Crippen MR) is 149 cm³/mol. The quantitative estimate of drug-likeness (QED) is 0.355. The van der Waals surface area contributed by atoms with Crippen LogP contribution in [0.1, 0.15) is 60.1 Å². The largest absolute Gasteiger partial charge is 0.363 e. The number of carbonyl (C=O) groups excluding carboxylic acids is 1. The SMILES string of the molecule is CCCc1cc(C)[nH]c(=O)c1CN(C(=O)c1cc(-c2ccc(N(C)C)nc2)cc2[nH]nc(C)c12)C(C)C. The molecule has 1 amide bonds. The van der Waals surface area contributed by atoms with E-state index >= 15 is 0 Å². The molecule has 0 aliphatic carbocycles. The zero-order valence-electron chi connectivity index (χ0n) is 22.8. The molecule has 3 heterocycles. The van der Waals surface area contributed by atoms with Gasteiger partial charge in [0.1, 0.15) is 5.82 Å². The summed E-state index contributed by atoms with van der Waals surface area (Å²) in [6.45, 7) is 10.1. The molecule has 4 aromatic rings. The van der Waals surface area contributed by atoms with Crippen molar-refractivity contribution in [3.63, 3.8) is 0 Å². The lowest BCUT2D eigenvalue weighted by molar-refractivity contribution is 0.0691. The minimum absolute atomic E-state index is 0.116. The number of fused-ring (bicyclic) bond motifs is 1. The molecule has 0 radical (unpaired) electrons. The topological polar surface area (TPSA) is 98.0 Å². The summed E-state index contributed by atoms with van der Waals surface area (Å²) >= 11 is 0. The Kier molecular flexibility index (Phi) is 7.47. The molecular formula is C29H36N6O2. The van der Waals surface area contributed by atoms with Crippen LogP contribution in [-0.2, 0) is 13.0 Å². The highest BCUT2D eigenvalue weighted by atomic mass is 16.2. The van der Waals surface area contributed by atoms with Gasteiger partial charge in [-0.05, 0) is 75.6 Å². The van der Waals surface area contributed by atoms with Gasteiger partial charge in [0.05, 0.1) is 23.3 Å². The average molecular weight is 501 g/mol. The summed E-state index contributed by atoms with van der Waals surface area (Å²) in [5, 5.41) is 8.26. The molecule has 0 saturated carbocycles. The van der Waals surface area contributed by atoms with Crippen LogP contribution in [0.15, 0.2) is 41.3 Å². The van der Waals surface area contributed by atoms with E-state index in [1.165, 1.54) is 0 Å². The van der Waals surface area contributed by atoms with Crippen LogP contribution in [0.3, 0.4) is 0 Å². The molecule has 0 atom stereocenters. The Balaban J connectivity index is 1.81. The number of aryl methyl sites for hydroxylation is 3. The van der Waals surface area contributed by atoms with Gasteiger partial charge in [0.2, 0.25) is 0 Å². The van der Waals surface area contributed by atoms with Crippen molar-refractivity contribution in [1.29, 1.82) is 0 Å². The standard InChI is InChI=1S/C29H36N6O2/c1-8-9-20-12-18(4)31-28(36)24(20)16-35(17(2)3)29(37)23-13-22(14-25-27(23)19(5)32-33-25)21-10-11-26(30-15-21)34(6)7/h10-15,17H,8-9,16H2,1-7H3,(H,31,36)(H,32,33). The van der Waals surface area contributed by atoms with Crippen molar-refractivity contribution in [1.82, 2.24) is 25.1 Å². The first-order chi connectivity index (χ1) is 17.6. The minimum atomic E-state index is -0.133. The number of hydrogen-bond donors (Lipinski definition) is 2. The maximum Gasteiger partial charge on any atom is 0.255 e. The summed E-state index contributed by atoms with van der Waals surface area (Å²) in [6.07, 6.45) is 3.52. The van der Waals surface area contributed by atoms with E-state index in [0.717, 1.165) is 57.6 Å². The molecule has 0 fully saturated rings. The molecule has 0 saturated heterocycles. The van der Waals surface area contributed by atoms with E-state index in [1.807, 2.05) is 83.2 Å². The second-order valence-corrected chi connectivity index (χ2v) is 10.1. The van der Waals surface area contributed by atoms with Crippen LogP contribution >= 0.6 is 0 Å². The summed E-state index contributed by atoms with van der Waals surface area (Å²) in [4.78, 5) is 38.3. The first kappa shape index (κ1) is 26.1. The van der Waals surface area contributed by atoms with Crippen LogP contribution < -0.4 is 10.5 Å². The fraction of sp³-hybridized carbons (Fsp3) is 0.379. The number of anilines is 1. The summed E-state index contributed by atoms with van der Waals surface area (Å²) in [5.74, 6) is 0.724. The van der Waals surface area contributed by atoms with Gasteiger partial charge in [-0.15, -0.1) is 0 Å². The Labute approximate surface area is 217 Å². The smallest absolute Gasteiger partial charge is 0.255 e. The highest BCUT2D eigenvalue weighted by Gasteiger charge is 2.25. The van der Waals surface area contributed by atoms with Crippen molar-refractivity contribution in [3.8, 4) is 11.1 Å². The van der Waals surface area contributed by atoms with E-state index in [4.69, 9.17) is 0 Å². The first-order valence-electron chi connectivity index (χ1n) is 12.8. The van der Waals surface area contributed by atoms with Crippen molar-refractivity contribution >= 4 is 22.6 Å². The van der Waals surface area contributed by atoms with Crippen molar-refractivity contribution in [3.05, 3.63) is 75.0 Å². The second kappa shape index (κ2) is 10.6. The van der Waals surface area contributed by atoms with Crippen LogP contribution in [0.4, 0.5) is 5.82 Å². The number of benzene rings is 1. The Morgan fingerprint density at radius 3 is 2.46 bits per heavy atom. The van der Waals surface area contributed by atoms with Crippen molar-refractivity contribution in [2.45, 2.75) is 60.0 Å². The average Bonchev–Trinajstić information content (AvgIpc) is 3.23. The molecule has 0 bridgehead atoms. The second-order valence-electron chi connectivity index (χ2n) is 10.1. The minimum Gasteiger partial charge on any atom is -0.363 e. The summed E-state index contributed by atoms with van der Waals surface area (Å²) in [5.41, 5.74) is 6.23. The van der Waals surface area contributed by atoms with Gasteiger partial charge in [0.15, 0.2) is 0 Å². The van der Waals surface area contributed by atoms with Crippen LogP contribution in [0.5, 0.6) is 0 Å². The Hall–Kier alpha value is -3.94. The fourth-order valence-corrected chi connectivity index (χ4v) is 4.74. The lowest BCUT2D eigenvalue weighted by Gasteiger charge is -2.28. The van der Waals surface area contributed by atoms with Gasteiger partial charge in [-0.25, -0.2) is 4.98 Å². The van der Waals surface area contributed by atoms with E-state index in [9.17, 15) is 9.59 Å². The van der Waals surface area contributed by atoms with E-state index in [2.05, 4.69) is 27.1 Å². The number of aromatic nitrogens is 4.